The summed E-state index contributed by atoms with van der Waals surface area (Å²) < 4.78 is 0. The first kappa shape index (κ1) is 12.4. The van der Waals surface area contributed by atoms with Crippen molar-refractivity contribution < 1.29 is 14.4 Å². The number of nitrogens with two attached hydrogens (primary N) is 1. The Bertz CT molecular complexity index is 530. The molecule has 0 aromatic heterocycles. The molecule has 2 bridgehead atoms. The molecule has 0 radical (unpaired) electrons. The molecule has 0 heterocycles. The molecule has 100 valence electrons. The number of hydrogen-bond acceptors (Lipinski definition) is 4. The van der Waals surface area contributed by atoms with Crippen molar-refractivity contribution in [2.75, 3.05) is 0 Å². The second-order valence-corrected chi connectivity index (χ2v) is 5.58. The van der Waals surface area contributed by atoms with Crippen molar-refractivity contribution in [3.05, 3.63) is 29.3 Å². The van der Waals surface area contributed by atoms with Gasteiger partial charge < -0.3 is 4.84 Å². The average molecular weight is 259 g/mol. The van der Waals surface area contributed by atoms with E-state index in [1.165, 1.54) is 0 Å². The van der Waals surface area contributed by atoms with E-state index in [0.29, 0.717) is 5.75 Å². The van der Waals surface area contributed by atoms with Gasteiger partial charge in [-0.25, -0.2) is 0 Å². The van der Waals surface area contributed by atoms with Crippen LogP contribution in [0.4, 0.5) is 0 Å². The van der Waals surface area contributed by atoms with Gasteiger partial charge in [0.2, 0.25) is 0 Å². The number of hydrogen-bond donors (Lipinski definition) is 1. The van der Waals surface area contributed by atoms with E-state index >= 15 is 0 Å². The first-order valence-electron chi connectivity index (χ1n) is 6.66. The van der Waals surface area contributed by atoms with E-state index in [0.717, 1.165) is 30.4 Å². The maximum atomic E-state index is 12.5. The number of Topliss-reactive ketones (excluding diaryl/α,β-unsaturated/α-hetero) is 2. The van der Waals surface area contributed by atoms with Gasteiger partial charge >= 0.3 is 0 Å². The summed E-state index contributed by atoms with van der Waals surface area (Å²) >= 11 is 0. The van der Waals surface area contributed by atoms with Crippen molar-refractivity contribution in [1.82, 2.24) is 0 Å². The summed E-state index contributed by atoms with van der Waals surface area (Å²) in [6.07, 6.45) is 2.47. The number of carbonyl (C=O) groups excluding carboxylic acids is 2. The van der Waals surface area contributed by atoms with E-state index in [9.17, 15) is 9.59 Å². The fourth-order valence-electron chi connectivity index (χ4n) is 3.42. The van der Waals surface area contributed by atoms with Gasteiger partial charge in [-0.3, -0.25) is 9.59 Å². The number of benzene rings is 1. The third-order valence-electron chi connectivity index (χ3n) is 4.50. The highest BCUT2D eigenvalue weighted by atomic mass is 16.6. The lowest BCUT2D eigenvalue weighted by molar-refractivity contribution is -0.135. The van der Waals surface area contributed by atoms with Gasteiger partial charge in [0.15, 0.2) is 11.6 Å². The molecule has 1 aromatic carbocycles. The van der Waals surface area contributed by atoms with Crippen LogP contribution in [0.15, 0.2) is 18.2 Å². The number of carbonyl (C=O) groups is 2. The summed E-state index contributed by atoms with van der Waals surface area (Å²) in [5.74, 6) is 5.33. The van der Waals surface area contributed by atoms with Crippen LogP contribution in [-0.2, 0) is 9.59 Å². The van der Waals surface area contributed by atoms with Crippen LogP contribution < -0.4 is 10.7 Å². The number of rotatable bonds is 2. The highest BCUT2D eigenvalue weighted by Gasteiger charge is 2.47. The Morgan fingerprint density at radius 1 is 1.16 bits per heavy atom. The summed E-state index contributed by atoms with van der Waals surface area (Å²) in [4.78, 5) is 29.6. The minimum Gasteiger partial charge on any atom is -0.412 e. The van der Waals surface area contributed by atoms with Crippen LogP contribution in [0, 0.1) is 18.8 Å². The normalized spacial score (nSPS) is 29.7. The van der Waals surface area contributed by atoms with Gasteiger partial charge in [0.1, 0.15) is 11.7 Å². The molecule has 2 saturated carbocycles. The molecule has 1 aromatic rings. The van der Waals surface area contributed by atoms with Crippen LogP contribution in [0.25, 0.3) is 0 Å². The molecule has 0 aliphatic heterocycles. The molecule has 2 N–H and O–H groups in total. The standard InChI is InChI=1S/C15H17NO3/c1-8-2-5-11(19-16)7-12(8)13-14(17)9-3-4-10(6-9)15(13)18/h2,5,7,9-10,13H,3-4,6,16H2,1H3. The van der Waals surface area contributed by atoms with E-state index in [2.05, 4.69) is 0 Å². The lowest BCUT2D eigenvalue weighted by Gasteiger charge is -2.26. The topological polar surface area (TPSA) is 69.4 Å². The predicted molar refractivity (Wildman–Crippen MR) is 69.6 cm³/mol. The summed E-state index contributed by atoms with van der Waals surface area (Å²) in [5.41, 5.74) is 1.70. The second kappa shape index (κ2) is 4.46. The molecule has 2 fully saturated rings. The molecule has 0 saturated heterocycles. The van der Waals surface area contributed by atoms with Gasteiger partial charge in [-0.05, 0) is 49.4 Å². The van der Waals surface area contributed by atoms with Crippen LogP contribution in [-0.4, -0.2) is 11.6 Å². The second-order valence-electron chi connectivity index (χ2n) is 5.58. The summed E-state index contributed by atoms with van der Waals surface area (Å²) in [5, 5.41) is 0. The zero-order valence-electron chi connectivity index (χ0n) is 10.9. The minimum absolute atomic E-state index is 0.0644. The summed E-state index contributed by atoms with van der Waals surface area (Å²) in [6, 6.07) is 5.31. The van der Waals surface area contributed by atoms with E-state index < -0.39 is 5.92 Å². The van der Waals surface area contributed by atoms with Gasteiger partial charge in [-0.15, -0.1) is 0 Å². The van der Waals surface area contributed by atoms with Crippen LogP contribution in [0.5, 0.6) is 5.75 Å². The van der Waals surface area contributed by atoms with E-state index in [1.807, 2.05) is 13.0 Å². The van der Waals surface area contributed by atoms with Gasteiger partial charge in [-0.1, -0.05) is 6.07 Å². The summed E-state index contributed by atoms with van der Waals surface area (Å²) in [6.45, 7) is 1.91. The molecule has 3 rings (SSSR count). The van der Waals surface area contributed by atoms with Crippen molar-refractivity contribution in [2.24, 2.45) is 17.7 Å². The van der Waals surface area contributed by atoms with E-state index in [-0.39, 0.29) is 23.4 Å². The van der Waals surface area contributed by atoms with Crippen LogP contribution in [0.2, 0.25) is 0 Å². The molecule has 2 atom stereocenters. The number of fused-ring (bicyclic) bond motifs is 2. The van der Waals surface area contributed by atoms with Crippen LogP contribution >= 0.6 is 0 Å². The first-order valence-corrected chi connectivity index (χ1v) is 6.66. The molecule has 0 spiro atoms. The fourth-order valence-corrected chi connectivity index (χ4v) is 3.42. The average Bonchev–Trinajstić information content (AvgIpc) is 2.86. The fraction of sp³-hybridized carbons (Fsp3) is 0.467. The molecule has 19 heavy (non-hydrogen) atoms. The molecule has 0 amide bonds. The van der Waals surface area contributed by atoms with Gasteiger partial charge in [-0.2, -0.15) is 5.90 Å². The Morgan fingerprint density at radius 3 is 2.37 bits per heavy atom. The maximum Gasteiger partial charge on any atom is 0.150 e. The van der Waals surface area contributed by atoms with Gasteiger partial charge in [0, 0.05) is 11.8 Å². The Balaban J connectivity index is 2.05. The molecular weight excluding hydrogens is 242 g/mol. The zero-order valence-corrected chi connectivity index (χ0v) is 10.9. The minimum atomic E-state index is -0.610. The lowest BCUT2D eigenvalue weighted by atomic mass is 9.74. The highest BCUT2D eigenvalue weighted by molar-refractivity contribution is 6.12. The smallest absolute Gasteiger partial charge is 0.150 e. The van der Waals surface area contributed by atoms with Crippen molar-refractivity contribution in [1.29, 1.82) is 0 Å². The lowest BCUT2D eigenvalue weighted by Crippen LogP contribution is -2.35. The zero-order chi connectivity index (χ0) is 13.6. The Morgan fingerprint density at radius 2 is 1.79 bits per heavy atom. The molecule has 4 nitrogen and oxygen atoms in total. The quantitative estimate of drug-likeness (QED) is 0.650. The number of ketones is 2. The molecule has 2 aliphatic rings. The third-order valence-corrected chi connectivity index (χ3v) is 4.50. The van der Waals surface area contributed by atoms with Gasteiger partial charge in [0.05, 0.1) is 0 Å². The predicted octanol–water partition coefficient (Wildman–Crippen LogP) is 1.90. The highest BCUT2D eigenvalue weighted by Crippen LogP contribution is 2.44. The first-order chi connectivity index (χ1) is 9.11. The third kappa shape index (κ3) is 1.87. The SMILES string of the molecule is Cc1ccc(ON)cc1C1C(=O)C2CCC(C2)C1=O. The van der Waals surface area contributed by atoms with E-state index in [4.69, 9.17) is 10.7 Å². The van der Waals surface area contributed by atoms with Crippen LogP contribution in [0.3, 0.4) is 0 Å². The van der Waals surface area contributed by atoms with Crippen molar-refractivity contribution in [2.45, 2.75) is 32.1 Å². The van der Waals surface area contributed by atoms with Gasteiger partial charge in [0.25, 0.3) is 0 Å². The van der Waals surface area contributed by atoms with Crippen molar-refractivity contribution >= 4 is 11.6 Å². The Labute approximate surface area is 111 Å². The molecule has 2 aliphatic carbocycles. The summed E-state index contributed by atoms with van der Waals surface area (Å²) in [7, 11) is 0. The maximum absolute atomic E-state index is 12.5. The Hall–Kier alpha value is -1.68. The molecule has 4 heteroatoms. The monoisotopic (exact) mass is 259 g/mol. The Kier molecular flexibility index (Phi) is 2.90. The molecule has 2 unspecified atom stereocenters. The van der Waals surface area contributed by atoms with Crippen molar-refractivity contribution in [3.8, 4) is 5.75 Å². The van der Waals surface area contributed by atoms with Crippen LogP contribution in [0.1, 0.15) is 36.3 Å². The largest absolute Gasteiger partial charge is 0.412 e. The number of aryl methyl sites for hydroxylation is 1. The van der Waals surface area contributed by atoms with E-state index in [1.54, 1.807) is 12.1 Å². The van der Waals surface area contributed by atoms with Crippen molar-refractivity contribution in [3.63, 3.8) is 0 Å². The molecular formula is C15H17NO3.